The number of unbranched alkanes of at least 4 members (excludes halogenated alkanes) is 1. The molecule has 0 N–H and O–H groups in total. The summed E-state index contributed by atoms with van der Waals surface area (Å²) in [5, 5.41) is 0. The average molecular weight is 85.9 g/mol. The zero-order valence-corrected chi connectivity index (χ0v) is 4.53. The van der Waals surface area contributed by atoms with E-state index in [0.717, 1.165) is 6.61 Å². The van der Waals surface area contributed by atoms with Crippen LogP contribution in [0.3, 0.4) is 0 Å². The van der Waals surface area contributed by atoms with Gasteiger partial charge in [0.2, 0.25) is 0 Å². The molecule has 0 radical (unpaired) electrons. The molecule has 0 heterocycles. The summed E-state index contributed by atoms with van der Waals surface area (Å²) < 4.78 is 4.78. The van der Waals surface area contributed by atoms with Crippen LogP contribution in [0.1, 0.15) is 19.8 Å². The van der Waals surface area contributed by atoms with E-state index in [4.69, 9.17) is 4.65 Å². The lowest BCUT2D eigenvalue weighted by Crippen LogP contribution is -1.85. The van der Waals surface area contributed by atoms with Crippen molar-refractivity contribution in [3.63, 3.8) is 0 Å². The van der Waals surface area contributed by atoms with Crippen molar-refractivity contribution in [2.45, 2.75) is 19.8 Å². The highest BCUT2D eigenvalue weighted by Crippen LogP contribution is 1.82. The molecule has 0 aliphatic carbocycles. The maximum atomic E-state index is 4.78. The van der Waals surface area contributed by atoms with Crippen molar-refractivity contribution in [2.24, 2.45) is 0 Å². The van der Waals surface area contributed by atoms with Crippen molar-refractivity contribution >= 4 is 8.05 Å². The van der Waals surface area contributed by atoms with Crippen molar-refractivity contribution in [3.05, 3.63) is 0 Å². The minimum Gasteiger partial charge on any atom is -0.444 e. The summed E-state index contributed by atoms with van der Waals surface area (Å²) in [4.78, 5) is 0. The summed E-state index contributed by atoms with van der Waals surface area (Å²) in [6.45, 7) is 3.07. The Bertz CT molecular complexity index is 19.5. The zero-order chi connectivity index (χ0) is 4.83. The fraction of sp³-hybridized carbons (Fsp3) is 1.00. The fourth-order valence-corrected chi connectivity index (χ4v) is 0.289. The molecule has 0 aromatic rings. The molecule has 0 amide bonds. The summed E-state index contributed by atoms with van der Waals surface area (Å²) in [5.74, 6) is 0. The van der Waals surface area contributed by atoms with Crippen molar-refractivity contribution in [2.75, 3.05) is 6.61 Å². The molecule has 0 aromatic heterocycles. The van der Waals surface area contributed by atoms with Gasteiger partial charge < -0.3 is 4.65 Å². The summed E-state index contributed by atoms with van der Waals surface area (Å²) in [5.41, 5.74) is 0. The van der Waals surface area contributed by atoms with Gasteiger partial charge in [-0.1, -0.05) is 13.3 Å². The van der Waals surface area contributed by atoms with E-state index in [1.54, 1.807) is 8.05 Å². The van der Waals surface area contributed by atoms with E-state index in [-0.39, 0.29) is 0 Å². The molecule has 6 heavy (non-hydrogen) atoms. The predicted octanol–water partition coefficient (Wildman–Crippen LogP) is 0.351. The van der Waals surface area contributed by atoms with Gasteiger partial charge in [-0.25, -0.2) is 0 Å². The summed E-state index contributed by atoms with van der Waals surface area (Å²) in [6.07, 6.45) is 2.42. The van der Waals surface area contributed by atoms with Crippen LogP contribution in [0, 0.1) is 0 Å². The average Bonchev–Trinajstić information content (AvgIpc) is 1.61. The van der Waals surface area contributed by atoms with Crippen molar-refractivity contribution in [1.82, 2.24) is 0 Å². The Kier molecular flexibility index (Phi) is 5.05. The van der Waals surface area contributed by atoms with Crippen LogP contribution in [-0.2, 0) is 4.65 Å². The van der Waals surface area contributed by atoms with Crippen molar-refractivity contribution < 1.29 is 4.65 Å². The lowest BCUT2D eigenvalue weighted by Gasteiger charge is -1.90. The second-order valence-corrected chi connectivity index (χ2v) is 1.35. The molecule has 0 bridgehead atoms. The van der Waals surface area contributed by atoms with Crippen molar-refractivity contribution in [1.29, 1.82) is 0 Å². The van der Waals surface area contributed by atoms with Crippen LogP contribution >= 0.6 is 0 Å². The van der Waals surface area contributed by atoms with E-state index < -0.39 is 0 Å². The quantitative estimate of drug-likeness (QED) is 0.355. The molecule has 2 heteroatoms. The van der Waals surface area contributed by atoms with Gasteiger partial charge in [-0.2, -0.15) is 0 Å². The maximum Gasteiger partial charge on any atom is 0.257 e. The van der Waals surface area contributed by atoms with Crippen LogP contribution in [-0.4, -0.2) is 14.7 Å². The molecule has 0 unspecified atom stereocenters. The molecule has 0 aromatic carbocycles. The Morgan fingerprint density at radius 1 is 1.67 bits per heavy atom. The van der Waals surface area contributed by atoms with Gasteiger partial charge in [-0.05, 0) is 6.42 Å². The minimum absolute atomic E-state index is 0.913. The minimum atomic E-state index is 0.913. The lowest BCUT2D eigenvalue weighted by atomic mass is 10.3. The van der Waals surface area contributed by atoms with Crippen LogP contribution in [0.25, 0.3) is 0 Å². The molecule has 36 valence electrons. The van der Waals surface area contributed by atoms with Gasteiger partial charge in [0.25, 0.3) is 8.05 Å². The summed E-state index contributed by atoms with van der Waals surface area (Å²) in [6, 6.07) is 0. The Morgan fingerprint density at radius 3 is 2.50 bits per heavy atom. The monoisotopic (exact) mass is 86.1 g/mol. The second-order valence-electron chi connectivity index (χ2n) is 1.35. The number of hydrogen-bond acceptors (Lipinski definition) is 1. The predicted molar refractivity (Wildman–Crippen MR) is 29.4 cm³/mol. The molecule has 1 nitrogen and oxygen atoms in total. The molecule has 0 rings (SSSR count). The van der Waals surface area contributed by atoms with E-state index in [1.807, 2.05) is 0 Å². The van der Waals surface area contributed by atoms with Gasteiger partial charge in [0.1, 0.15) is 0 Å². The largest absolute Gasteiger partial charge is 0.444 e. The van der Waals surface area contributed by atoms with Crippen molar-refractivity contribution in [3.8, 4) is 0 Å². The molecule has 0 aliphatic rings. The molecule has 0 aliphatic heterocycles. The summed E-state index contributed by atoms with van der Waals surface area (Å²) >= 11 is 0. The van der Waals surface area contributed by atoms with E-state index >= 15 is 0 Å². The fourth-order valence-electron chi connectivity index (χ4n) is 0.289. The van der Waals surface area contributed by atoms with E-state index in [2.05, 4.69) is 6.92 Å². The highest BCUT2D eigenvalue weighted by Gasteiger charge is 1.74. The third-order valence-electron chi connectivity index (χ3n) is 0.702. The van der Waals surface area contributed by atoms with Gasteiger partial charge in [0, 0.05) is 6.61 Å². The van der Waals surface area contributed by atoms with Gasteiger partial charge >= 0.3 is 0 Å². The highest BCUT2D eigenvalue weighted by molar-refractivity contribution is 5.97. The van der Waals surface area contributed by atoms with Gasteiger partial charge in [-0.15, -0.1) is 0 Å². The summed E-state index contributed by atoms with van der Waals surface area (Å²) in [7, 11) is 1.73. The van der Waals surface area contributed by atoms with Crippen LogP contribution < -0.4 is 0 Å². The van der Waals surface area contributed by atoms with E-state index in [1.165, 1.54) is 12.8 Å². The molecular weight excluding hydrogens is 74.9 g/mol. The second kappa shape index (κ2) is 5.02. The number of hydrogen-bond donors (Lipinski definition) is 0. The lowest BCUT2D eigenvalue weighted by molar-refractivity contribution is 0.339. The SMILES string of the molecule is BOCCCC. The number of rotatable bonds is 3. The van der Waals surface area contributed by atoms with E-state index in [0.29, 0.717) is 0 Å². The van der Waals surface area contributed by atoms with Gasteiger partial charge in [-0.3, -0.25) is 0 Å². The van der Waals surface area contributed by atoms with Crippen LogP contribution in [0.5, 0.6) is 0 Å². The first-order valence-electron chi connectivity index (χ1n) is 2.40. The Balaban J connectivity index is 2.34. The first-order chi connectivity index (χ1) is 2.91. The Hall–Kier alpha value is 0.0249. The highest BCUT2D eigenvalue weighted by atomic mass is 16.4. The molecule has 0 atom stereocenters. The molecule has 0 saturated heterocycles. The normalized spacial score (nSPS) is 8.83. The molecule has 0 spiro atoms. The first kappa shape index (κ1) is 6.02. The van der Waals surface area contributed by atoms with Gasteiger partial charge in [0.15, 0.2) is 0 Å². The van der Waals surface area contributed by atoms with Crippen LogP contribution in [0.4, 0.5) is 0 Å². The Labute approximate surface area is 40.1 Å². The standard InChI is InChI=1S/C4H11BO/c1-2-3-4-6-5/h2-5H2,1H3. The van der Waals surface area contributed by atoms with Crippen LogP contribution in [0.15, 0.2) is 0 Å². The van der Waals surface area contributed by atoms with E-state index in [9.17, 15) is 0 Å². The topological polar surface area (TPSA) is 9.23 Å². The smallest absolute Gasteiger partial charge is 0.257 e. The first-order valence-corrected chi connectivity index (χ1v) is 2.40. The van der Waals surface area contributed by atoms with Gasteiger partial charge in [0.05, 0.1) is 0 Å². The maximum absolute atomic E-state index is 4.78. The Morgan fingerprint density at radius 2 is 2.33 bits per heavy atom. The third kappa shape index (κ3) is 4.02. The molecule has 0 saturated carbocycles. The molecular formula is C4H11BO. The zero-order valence-electron chi connectivity index (χ0n) is 4.53. The van der Waals surface area contributed by atoms with Crippen LogP contribution in [0.2, 0.25) is 0 Å². The third-order valence-corrected chi connectivity index (χ3v) is 0.702. The molecule has 0 fully saturated rings.